The van der Waals surface area contributed by atoms with E-state index in [1.54, 1.807) is 31.3 Å². The van der Waals surface area contributed by atoms with Crippen LogP contribution in [0.2, 0.25) is 0 Å². The number of sulfonamides is 1. The molecule has 0 aliphatic carbocycles. The van der Waals surface area contributed by atoms with E-state index in [-0.39, 0.29) is 18.0 Å². The third-order valence-corrected chi connectivity index (χ3v) is 6.32. The van der Waals surface area contributed by atoms with Gasteiger partial charge >= 0.3 is 0 Å². The van der Waals surface area contributed by atoms with E-state index in [0.717, 1.165) is 22.4 Å². The van der Waals surface area contributed by atoms with Crippen molar-refractivity contribution >= 4 is 10.0 Å². The van der Waals surface area contributed by atoms with E-state index in [0.29, 0.717) is 18.1 Å². The Morgan fingerprint density at radius 2 is 1.66 bits per heavy atom. The van der Waals surface area contributed by atoms with E-state index in [1.807, 2.05) is 32.9 Å². The van der Waals surface area contributed by atoms with Gasteiger partial charge in [-0.2, -0.15) is 4.98 Å². The molecule has 1 heterocycles. The van der Waals surface area contributed by atoms with Crippen LogP contribution in [0.25, 0.3) is 0 Å². The molecule has 0 amide bonds. The lowest BCUT2D eigenvalue weighted by Crippen LogP contribution is -2.29. The Morgan fingerprint density at radius 3 is 2.31 bits per heavy atom. The van der Waals surface area contributed by atoms with Gasteiger partial charge in [0, 0.05) is 20.0 Å². The summed E-state index contributed by atoms with van der Waals surface area (Å²) in [5.41, 5.74) is 3.24. The van der Waals surface area contributed by atoms with Gasteiger partial charge in [-0.3, -0.25) is 0 Å². The van der Waals surface area contributed by atoms with Crippen molar-refractivity contribution in [3.05, 3.63) is 70.9 Å². The molecule has 0 N–H and O–H groups in total. The largest absolute Gasteiger partial charge is 0.484 e. The van der Waals surface area contributed by atoms with Gasteiger partial charge in [0.2, 0.25) is 10.0 Å². The van der Waals surface area contributed by atoms with E-state index in [9.17, 15) is 8.42 Å². The highest BCUT2D eigenvalue weighted by Gasteiger charge is 2.21. The Labute approximate surface area is 171 Å². The fraction of sp³-hybridized carbons (Fsp3) is 0.333. The number of aryl methyl sites for hydroxylation is 3. The second kappa shape index (κ2) is 8.75. The van der Waals surface area contributed by atoms with Crippen molar-refractivity contribution in [2.75, 3.05) is 13.6 Å². The average Bonchev–Trinajstić information content (AvgIpc) is 3.12. The number of benzene rings is 2. The molecular weight excluding hydrogens is 390 g/mol. The van der Waals surface area contributed by atoms with Gasteiger partial charge in [0.1, 0.15) is 5.75 Å². The number of ether oxygens (including phenoxy) is 1. The zero-order valence-corrected chi connectivity index (χ0v) is 17.9. The Bertz CT molecular complexity index is 1060. The minimum Gasteiger partial charge on any atom is -0.484 e. The van der Waals surface area contributed by atoms with Crippen LogP contribution in [0.4, 0.5) is 0 Å². The lowest BCUT2D eigenvalue weighted by molar-refractivity contribution is 0.242. The van der Waals surface area contributed by atoms with Gasteiger partial charge in [-0.15, -0.1) is 0 Å². The molecule has 3 rings (SSSR count). The van der Waals surface area contributed by atoms with Crippen molar-refractivity contribution in [1.82, 2.24) is 14.4 Å². The maximum absolute atomic E-state index is 12.6. The third kappa shape index (κ3) is 5.42. The fourth-order valence-electron chi connectivity index (χ4n) is 2.88. The lowest BCUT2D eigenvalue weighted by atomic mass is 10.1. The van der Waals surface area contributed by atoms with Gasteiger partial charge in [-0.1, -0.05) is 28.9 Å². The summed E-state index contributed by atoms with van der Waals surface area (Å²) in [5.74, 6) is 1.53. The average molecular weight is 416 g/mol. The molecule has 0 spiro atoms. The summed E-state index contributed by atoms with van der Waals surface area (Å²) in [6.45, 7) is 6.33. The van der Waals surface area contributed by atoms with Crippen molar-refractivity contribution in [2.24, 2.45) is 0 Å². The summed E-state index contributed by atoms with van der Waals surface area (Å²) in [7, 11) is -2.01. The number of nitrogens with zero attached hydrogens (tertiary/aromatic N) is 3. The monoisotopic (exact) mass is 415 g/mol. The van der Waals surface area contributed by atoms with E-state index < -0.39 is 10.0 Å². The summed E-state index contributed by atoms with van der Waals surface area (Å²) in [5, 5.41) is 3.91. The van der Waals surface area contributed by atoms with Crippen LogP contribution in [0.15, 0.2) is 51.9 Å². The maximum atomic E-state index is 12.6. The van der Waals surface area contributed by atoms with Crippen LogP contribution in [0.3, 0.4) is 0 Å². The zero-order chi connectivity index (χ0) is 21.0. The molecule has 0 aliphatic heterocycles. The van der Waals surface area contributed by atoms with Crippen molar-refractivity contribution in [3.8, 4) is 5.75 Å². The van der Waals surface area contributed by atoms with Gasteiger partial charge in [-0.05, 0) is 56.2 Å². The number of likely N-dealkylation sites (N-methyl/N-ethyl adjacent to an activating group) is 1. The smallest absolute Gasteiger partial charge is 0.264 e. The van der Waals surface area contributed by atoms with Crippen LogP contribution in [0.1, 0.15) is 28.4 Å². The molecule has 0 atom stereocenters. The molecule has 29 heavy (non-hydrogen) atoms. The summed E-state index contributed by atoms with van der Waals surface area (Å²) in [6.07, 6.45) is 0.342. The molecule has 2 aromatic carbocycles. The first-order chi connectivity index (χ1) is 13.7. The van der Waals surface area contributed by atoms with Crippen molar-refractivity contribution in [3.63, 3.8) is 0 Å². The van der Waals surface area contributed by atoms with Gasteiger partial charge in [0.05, 0.1) is 4.90 Å². The molecule has 8 heteroatoms. The molecule has 0 unspecified atom stereocenters. The molecule has 0 radical (unpaired) electrons. The predicted molar refractivity (Wildman–Crippen MR) is 109 cm³/mol. The standard InChI is InChI=1S/C21H25N3O4S/c1-15-5-7-19(8-6-15)29(25,26)24(4)10-9-20-22-21(28-23-20)14-27-18-12-16(2)11-17(3)13-18/h5-8,11-13H,9-10,14H2,1-4H3. The van der Waals surface area contributed by atoms with Crippen molar-refractivity contribution in [2.45, 2.75) is 38.7 Å². The highest BCUT2D eigenvalue weighted by molar-refractivity contribution is 7.89. The van der Waals surface area contributed by atoms with Crippen LogP contribution < -0.4 is 4.74 Å². The van der Waals surface area contributed by atoms with Crippen LogP contribution in [0, 0.1) is 20.8 Å². The highest BCUT2D eigenvalue weighted by atomic mass is 32.2. The first kappa shape index (κ1) is 21.0. The molecule has 7 nitrogen and oxygen atoms in total. The number of hydrogen-bond acceptors (Lipinski definition) is 6. The molecule has 1 aromatic heterocycles. The predicted octanol–water partition coefficient (Wildman–Crippen LogP) is 3.44. The SMILES string of the molecule is Cc1ccc(S(=O)(=O)N(C)CCc2noc(COc3cc(C)cc(C)c3)n2)cc1. The second-order valence-electron chi connectivity index (χ2n) is 7.11. The second-order valence-corrected chi connectivity index (χ2v) is 9.15. The Morgan fingerprint density at radius 1 is 1.00 bits per heavy atom. The maximum Gasteiger partial charge on any atom is 0.264 e. The third-order valence-electron chi connectivity index (χ3n) is 4.45. The Balaban J connectivity index is 1.56. The fourth-order valence-corrected chi connectivity index (χ4v) is 4.05. The molecule has 154 valence electrons. The molecule has 0 bridgehead atoms. The number of hydrogen-bond donors (Lipinski definition) is 0. The lowest BCUT2D eigenvalue weighted by Gasteiger charge is -2.16. The summed E-state index contributed by atoms with van der Waals surface area (Å²) in [4.78, 5) is 4.55. The number of rotatable bonds is 8. The van der Waals surface area contributed by atoms with Gasteiger partial charge in [0.25, 0.3) is 5.89 Å². The van der Waals surface area contributed by atoms with Gasteiger partial charge in [0.15, 0.2) is 12.4 Å². The minimum atomic E-state index is -3.55. The molecule has 0 saturated carbocycles. The van der Waals surface area contributed by atoms with E-state index >= 15 is 0 Å². The van der Waals surface area contributed by atoms with Crippen LogP contribution in [-0.2, 0) is 23.1 Å². The van der Waals surface area contributed by atoms with Crippen LogP contribution in [0.5, 0.6) is 5.75 Å². The Kier molecular flexibility index (Phi) is 6.34. The first-order valence-corrected chi connectivity index (χ1v) is 10.7. The van der Waals surface area contributed by atoms with Gasteiger partial charge < -0.3 is 9.26 Å². The van der Waals surface area contributed by atoms with Gasteiger partial charge in [-0.25, -0.2) is 12.7 Å². The van der Waals surface area contributed by atoms with Crippen molar-refractivity contribution in [1.29, 1.82) is 0 Å². The van der Waals surface area contributed by atoms with E-state index in [4.69, 9.17) is 9.26 Å². The van der Waals surface area contributed by atoms with Crippen molar-refractivity contribution < 1.29 is 17.7 Å². The molecule has 0 fully saturated rings. The van der Waals surface area contributed by atoms with Crippen LogP contribution >= 0.6 is 0 Å². The normalized spacial score (nSPS) is 11.8. The molecule has 0 saturated heterocycles. The molecule has 0 aliphatic rings. The Hall–Kier alpha value is -2.71. The van der Waals surface area contributed by atoms with E-state index in [2.05, 4.69) is 16.2 Å². The highest BCUT2D eigenvalue weighted by Crippen LogP contribution is 2.18. The summed E-state index contributed by atoms with van der Waals surface area (Å²) in [6, 6.07) is 12.7. The molecule has 3 aromatic rings. The topological polar surface area (TPSA) is 85.5 Å². The van der Waals surface area contributed by atoms with Crippen LogP contribution in [-0.4, -0.2) is 36.5 Å². The number of aromatic nitrogens is 2. The summed E-state index contributed by atoms with van der Waals surface area (Å²) >= 11 is 0. The molecular formula is C21H25N3O4S. The zero-order valence-electron chi connectivity index (χ0n) is 17.0. The summed E-state index contributed by atoms with van der Waals surface area (Å²) < 4.78 is 37.5. The van der Waals surface area contributed by atoms with E-state index in [1.165, 1.54) is 4.31 Å². The quantitative estimate of drug-likeness (QED) is 0.560. The first-order valence-electron chi connectivity index (χ1n) is 9.29. The minimum absolute atomic E-state index is 0.160.